The van der Waals surface area contributed by atoms with E-state index in [-0.39, 0.29) is 43.3 Å². The lowest BCUT2D eigenvalue weighted by Crippen LogP contribution is -2.73. The van der Waals surface area contributed by atoms with Crippen LogP contribution in [0.1, 0.15) is 49.8 Å². The van der Waals surface area contributed by atoms with Crippen molar-refractivity contribution in [2.24, 2.45) is 0 Å². The highest BCUT2D eigenvalue weighted by Gasteiger charge is 2.51. The molecule has 0 aliphatic carbocycles. The van der Waals surface area contributed by atoms with Gasteiger partial charge in [0, 0.05) is 20.1 Å². The van der Waals surface area contributed by atoms with Crippen molar-refractivity contribution in [3.63, 3.8) is 0 Å². The SMILES string of the molecule is CCCCCCN1C[C@H]2N(C(=O)CN(C)N2C(=O)NCc2ccc(F)cc2)[C@@H](c2ccccc2)C1=O. The Labute approximate surface area is 211 Å². The van der Waals surface area contributed by atoms with E-state index >= 15 is 0 Å². The number of benzene rings is 2. The third-order valence-electron chi connectivity index (χ3n) is 6.79. The van der Waals surface area contributed by atoms with Crippen molar-refractivity contribution >= 4 is 17.8 Å². The molecular formula is C27H34FN5O3. The number of rotatable bonds is 8. The molecule has 2 saturated heterocycles. The molecular weight excluding hydrogens is 461 g/mol. The minimum absolute atomic E-state index is 0.0203. The maximum absolute atomic E-state index is 13.7. The average molecular weight is 496 g/mol. The molecule has 2 aromatic carbocycles. The van der Waals surface area contributed by atoms with Crippen LogP contribution in [-0.2, 0) is 16.1 Å². The van der Waals surface area contributed by atoms with Crippen LogP contribution in [0, 0.1) is 5.82 Å². The van der Waals surface area contributed by atoms with Crippen molar-refractivity contribution in [1.29, 1.82) is 0 Å². The van der Waals surface area contributed by atoms with Crippen LogP contribution in [0.25, 0.3) is 0 Å². The first-order chi connectivity index (χ1) is 17.4. The van der Waals surface area contributed by atoms with Crippen molar-refractivity contribution in [3.05, 3.63) is 71.5 Å². The molecule has 2 fully saturated rings. The summed E-state index contributed by atoms with van der Waals surface area (Å²) in [6, 6.07) is 14.1. The molecule has 0 aromatic heterocycles. The Kier molecular flexibility index (Phi) is 8.20. The second-order valence-electron chi connectivity index (χ2n) is 9.39. The molecule has 0 radical (unpaired) electrons. The summed E-state index contributed by atoms with van der Waals surface area (Å²) in [6.45, 7) is 3.16. The molecule has 36 heavy (non-hydrogen) atoms. The fourth-order valence-electron chi connectivity index (χ4n) is 4.95. The minimum atomic E-state index is -0.787. The zero-order chi connectivity index (χ0) is 25.7. The van der Waals surface area contributed by atoms with Crippen LogP contribution < -0.4 is 5.32 Å². The van der Waals surface area contributed by atoms with Gasteiger partial charge in [-0.3, -0.25) is 9.59 Å². The first-order valence-electron chi connectivity index (χ1n) is 12.6. The molecule has 8 nitrogen and oxygen atoms in total. The zero-order valence-electron chi connectivity index (χ0n) is 20.9. The molecule has 0 unspecified atom stereocenters. The van der Waals surface area contributed by atoms with Crippen molar-refractivity contribution in [1.82, 2.24) is 25.1 Å². The average Bonchev–Trinajstić information content (AvgIpc) is 2.87. The van der Waals surface area contributed by atoms with Crippen LogP contribution in [-0.4, -0.2) is 70.5 Å². The predicted octanol–water partition coefficient (Wildman–Crippen LogP) is 3.52. The minimum Gasteiger partial charge on any atom is -0.337 e. The zero-order valence-corrected chi connectivity index (χ0v) is 20.9. The molecule has 192 valence electrons. The van der Waals surface area contributed by atoms with Gasteiger partial charge in [0.1, 0.15) is 18.0 Å². The summed E-state index contributed by atoms with van der Waals surface area (Å²) in [5.74, 6) is -0.649. The molecule has 1 N–H and O–H groups in total. The molecule has 0 bridgehead atoms. The summed E-state index contributed by atoms with van der Waals surface area (Å²) in [5.41, 5.74) is 1.49. The number of carbonyl (C=O) groups excluding carboxylic acids is 3. The van der Waals surface area contributed by atoms with Gasteiger partial charge in [-0.05, 0) is 29.7 Å². The summed E-state index contributed by atoms with van der Waals surface area (Å²) in [5, 5.41) is 6.03. The van der Waals surface area contributed by atoms with Gasteiger partial charge in [-0.25, -0.2) is 19.2 Å². The number of hydrazine groups is 1. The lowest BCUT2D eigenvalue weighted by atomic mass is 9.98. The van der Waals surface area contributed by atoms with Crippen LogP contribution >= 0.6 is 0 Å². The summed E-state index contributed by atoms with van der Waals surface area (Å²) in [7, 11) is 1.70. The van der Waals surface area contributed by atoms with E-state index in [9.17, 15) is 18.8 Å². The van der Waals surface area contributed by atoms with Crippen molar-refractivity contribution < 1.29 is 18.8 Å². The largest absolute Gasteiger partial charge is 0.337 e. The first-order valence-corrected chi connectivity index (χ1v) is 12.6. The maximum Gasteiger partial charge on any atom is 0.334 e. The molecule has 2 aliphatic rings. The van der Waals surface area contributed by atoms with Gasteiger partial charge in [0.15, 0.2) is 0 Å². The van der Waals surface area contributed by atoms with Gasteiger partial charge in [-0.2, -0.15) is 0 Å². The second kappa shape index (κ2) is 11.5. The highest BCUT2D eigenvalue weighted by atomic mass is 19.1. The summed E-state index contributed by atoms with van der Waals surface area (Å²) in [4.78, 5) is 43.7. The molecule has 4 rings (SSSR count). The molecule has 0 saturated carbocycles. The number of urea groups is 1. The van der Waals surface area contributed by atoms with E-state index in [0.717, 1.165) is 36.8 Å². The lowest BCUT2D eigenvalue weighted by Gasteiger charge is -2.54. The number of halogens is 1. The molecule has 2 atom stereocenters. The Morgan fingerprint density at radius 2 is 1.75 bits per heavy atom. The van der Waals surface area contributed by atoms with Crippen molar-refractivity contribution in [2.75, 3.05) is 26.7 Å². The number of nitrogens with zero attached hydrogens (tertiary/aromatic N) is 4. The van der Waals surface area contributed by atoms with E-state index in [0.29, 0.717) is 6.54 Å². The Balaban J connectivity index is 1.60. The molecule has 2 heterocycles. The molecule has 4 amide bonds. The van der Waals surface area contributed by atoms with Gasteiger partial charge in [-0.15, -0.1) is 0 Å². The van der Waals surface area contributed by atoms with Gasteiger partial charge < -0.3 is 15.1 Å². The maximum atomic E-state index is 13.7. The predicted molar refractivity (Wildman–Crippen MR) is 134 cm³/mol. The van der Waals surface area contributed by atoms with Crippen molar-refractivity contribution in [2.45, 2.75) is 51.4 Å². The molecule has 0 spiro atoms. The molecule has 2 aromatic rings. The normalized spacial score (nSPS) is 20.5. The van der Waals surface area contributed by atoms with E-state index < -0.39 is 12.2 Å². The summed E-state index contributed by atoms with van der Waals surface area (Å²) < 4.78 is 13.3. The number of carbonyl (C=O) groups is 3. The Morgan fingerprint density at radius 3 is 2.44 bits per heavy atom. The third-order valence-corrected chi connectivity index (χ3v) is 6.79. The number of nitrogens with one attached hydrogen (secondary N) is 1. The highest BCUT2D eigenvalue weighted by Crippen LogP contribution is 2.34. The number of hydrogen-bond acceptors (Lipinski definition) is 4. The van der Waals surface area contributed by atoms with E-state index in [2.05, 4.69) is 12.2 Å². The van der Waals surface area contributed by atoms with Gasteiger partial charge in [0.25, 0.3) is 0 Å². The fraction of sp³-hybridized carbons (Fsp3) is 0.444. The van der Waals surface area contributed by atoms with Crippen LogP contribution in [0.5, 0.6) is 0 Å². The van der Waals surface area contributed by atoms with Gasteiger partial charge in [-0.1, -0.05) is 68.7 Å². The third kappa shape index (κ3) is 5.51. The van der Waals surface area contributed by atoms with E-state index in [4.69, 9.17) is 0 Å². The second-order valence-corrected chi connectivity index (χ2v) is 9.39. The Hall–Kier alpha value is -3.46. The molecule has 2 aliphatic heterocycles. The number of fused-ring (bicyclic) bond motifs is 1. The van der Waals surface area contributed by atoms with E-state index in [1.54, 1.807) is 34.0 Å². The first kappa shape index (κ1) is 25.6. The van der Waals surface area contributed by atoms with Gasteiger partial charge in [0.05, 0.1) is 13.1 Å². The van der Waals surface area contributed by atoms with Gasteiger partial charge in [0.2, 0.25) is 11.8 Å². The van der Waals surface area contributed by atoms with E-state index in [1.807, 2.05) is 30.3 Å². The number of piperazine rings is 1. The highest BCUT2D eigenvalue weighted by molar-refractivity contribution is 5.92. The quantitative estimate of drug-likeness (QED) is 0.569. The molecule has 9 heteroatoms. The summed E-state index contributed by atoms with van der Waals surface area (Å²) in [6.07, 6.45) is 3.44. The fourth-order valence-corrected chi connectivity index (χ4v) is 4.95. The topological polar surface area (TPSA) is 76.2 Å². The monoisotopic (exact) mass is 495 g/mol. The standard InChI is InChI=1S/C27H34FN5O3/c1-3-4-5-9-16-31-18-23-32(25(26(31)35)21-10-7-6-8-11-21)24(34)19-30(2)33(23)27(36)29-17-20-12-14-22(28)15-13-20/h6-8,10-15,23,25H,3-5,9,16-19H2,1-2H3,(H,29,36)/t23-,25-/m0/s1. The Bertz CT molecular complexity index is 1060. The number of hydrogen-bond donors (Lipinski definition) is 1. The lowest BCUT2D eigenvalue weighted by molar-refractivity contribution is -0.187. The Morgan fingerprint density at radius 1 is 1.03 bits per heavy atom. The van der Waals surface area contributed by atoms with Crippen LogP contribution in [0.2, 0.25) is 0 Å². The smallest absolute Gasteiger partial charge is 0.334 e. The van der Waals surface area contributed by atoms with Crippen LogP contribution in [0.15, 0.2) is 54.6 Å². The van der Waals surface area contributed by atoms with Crippen LogP contribution in [0.3, 0.4) is 0 Å². The van der Waals surface area contributed by atoms with E-state index in [1.165, 1.54) is 17.1 Å². The van der Waals surface area contributed by atoms with Crippen LogP contribution in [0.4, 0.5) is 9.18 Å². The summed E-state index contributed by atoms with van der Waals surface area (Å²) >= 11 is 0. The number of unbranched alkanes of at least 4 members (excludes halogenated alkanes) is 3. The van der Waals surface area contributed by atoms with Gasteiger partial charge >= 0.3 is 6.03 Å². The number of likely N-dealkylation sites (N-methyl/N-ethyl adjacent to an activating group) is 1. The number of amides is 4. The van der Waals surface area contributed by atoms with Crippen molar-refractivity contribution in [3.8, 4) is 0 Å².